The minimum atomic E-state index is -0.133. The number of piperidine rings is 1. The summed E-state index contributed by atoms with van der Waals surface area (Å²) in [6.07, 6.45) is -0.133. The van der Waals surface area contributed by atoms with Gasteiger partial charge in [0, 0.05) is 12.1 Å². The van der Waals surface area contributed by atoms with Gasteiger partial charge in [-0.1, -0.05) is 27.7 Å². The van der Waals surface area contributed by atoms with Gasteiger partial charge in [-0.2, -0.15) is 0 Å². The molecule has 14 heavy (non-hydrogen) atoms. The second-order valence-corrected chi connectivity index (χ2v) is 5.57. The van der Waals surface area contributed by atoms with E-state index < -0.39 is 0 Å². The largest absolute Gasteiger partial charge is 0.391 e. The van der Waals surface area contributed by atoms with Crippen molar-refractivity contribution in [3.63, 3.8) is 0 Å². The van der Waals surface area contributed by atoms with E-state index in [1.54, 1.807) is 0 Å². The zero-order valence-corrected chi connectivity index (χ0v) is 9.94. The molecule has 0 aromatic carbocycles. The summed E-state index contributed by atoms with van der Waals surface area (Å²) in [6.45, 7) is 9.12. The second kappa shape index (κ2) is 3.21. The lowest BCUT2D eigenvalue weighted by molar-refractivity contribution is -0.0486. The highest BCUT2D eigenvalue weighted by molar-refractivity contribution is 5.06. The van der Waals surface area contributed by atoms with E-state index in [4.69, 9.17) is 0 Å². The molecule has 0 aromatic heterocycles. The average molecular weight is 197 g/mol. The van der Waals surface area contributed by atoms with Crippen molar-refractivity contribution >= 4 is 0 Å². The Kier molecular flexibility index (Phi) is 2.39. The van der Waals surface area contributed by atoms with Crippen LogP contribution in [0.3, 0.4) is 0 Å². The van der Waals surface area contributed by atoms with E-state index in [0.29, 0.717) is 29.8 Å². The number of likely N-dealkylation sites (N-methyl/N-ethyl adjacent to an activating group) is 1. The van der Waals surface area contributed by atoms with Crippen LogP contribution in [0.5, 0.6) is 0 Å². The van der Waals surface area contributed by atoms with Crippen LogP contribution in [0.1, 0.15) is 27.7 Å². The molecule has 2 aliphatic rings. The third kappa shape index (κ3) is 1.10. The summed E-state index contributed by atoms with van der Waals surface area (Å²) in [7, 11) is 2.18. The van der Waals surface area contributed by atoms with Crippen LogP contribution in [0.15, 0.2) is 0 Å². The van der Waals surface area contributed by atoms with E-state index in [1.807, 2.05) is 0 Å². The molecule has 2 bridgehead atoms. The lowest BCUT2D eigenvalue weighted by Gasteiger charge is -2.44. The normalized spacial score (nSPS) is 59.1. The fourth-order valence-corrected chi connectivity index (χ4v) is 3.90. The van der Waals surface area contributed by atoms with Gasteiger partial charge in [0.1, 0.15) is 0 Å². The van der Waals surface area contributed by atoms with Crippen LogP contribution in [0.4, 0.5) is 0 Å². The van der Waals surface area contributed by atoms with Gasteiger partial charge in [-0.3, -0.25) is 4.90 Å². The summed E-state index contributed by atoms with van der Waals surface area (Å²) in [4.78, 5) is 2.42. The first-order chi connectivity index (χ1) is 6.46. The highest BCUT2D eigenvalue weighted by Crippen LogP contribution is 2.47. The lowest BCUT2D eigenvalue weighted by atomic mass is 9.79. The molecule has 0 saturated carbocycles. The van der Waals surface area contributed by atoms with Crippen molar-refractivity contribution in [1.29, 1.82) is 0 Å². The molecule has 2 heteroatoms. The van der Waals surface area contributed by atoms with Gasteiger partial charge in [0.25, 0.3) is 0 Å². The predicted octanol–water partition coefficient (Wildman–Crippen LogP) is 1.59. The quantitative estimate of drug-likeness (QED) is 0.637. The van der Waals surface area contributed by atoms with Crippen molar-refractivity contribution in [2.75, 3.05) is 7.05 Å². The van der Waals surface area contributed by atoms with Gasteiger partial charge in [0.2, 0.25) is 0 Å². The summed E-state index contributed by atoms with van der Waals surface area (Å²) >= 11 is 0. The Hall–Kier alpha value is -0.0800. The van der Waals surface area contributed by atoms with Crippen LogP contribution in [-0.4, -0.2) is 35.2 Å². The molecule has 2 saturated heterocycles. The molecule has 7 atom stereocenters. The van der Waals surface area contributed by atoms with Gasteiger partial charge >= 0.3 is 0 Å². The Morgan fingerprint density at radius 3 is 1.79 bits per heavy atom. The predicted molar refractivity (Wildman–Crippen MR) is 58.0 cm³/mol. The monoisotopic (exact) mass is 197 g/mol. The molecule has 2 nitrogen and oxygen atoms in total. The Morgan fingerprint density at radius 1 is 0.786 bits per heavy atom. The third-order valence-corrected chi connectivity index (χ3v) is 5.10. The molecule has 2 aliphatic heterocycles. The van der Waals surface area contributed by atoms with Crippen molar-refractivity contribution < 1.29 is 5.11 Å². The maximum atomic E-state index is 10.3. The number of hydrogen-bond donors (Lipinski definition) is 1. The molecule has 0 aliphatic carbocycles. The van der Waals surface area contributed by atoms with E-state index in [9.17, 15) is 5.11 Å². The Morgan fingerprint density at radius 2 is 1.21 bits per heavy atom. The van der Waals surface area contributed by atoms with E-state index in [1.165, 1.54) is 0 Å². The molecule has 2 fully saturated rings. The van der Waals surface area contributed by atoms with Crippen molar-refractivity contribution in [3.05, 3.63) is 0 Å². The Labute approximate surface area is 87.3 Å². The number of aliphatic hydroxyl groups excluding tert-OH is 1. The summed E-state index contributed by atoms with van der Waals surface area (Å²) in [5.74, 6) is 2.42. The zero-order chi connectivity index (χ0) is 10.6. The van der Waals surface area contributed by atoms with Gasteiger partial charge in [-0.05, 0) is 30.7 Å². The number of aliphatic hydroxyl groups is 1. The van der Waals surface area contributed by atoms with Crippen molar-refractivity contribution in [2.45, 2.75) is 45.9 Å². The molecular weight excluding hydrogens is 174 g/mol. The van der Waals surface area contributed by atoms with Crippen LogP contribution >= 0.6 is 0 Å². The first-order valence-electron chi connectivity index (χ1n) is 5.86. The van der Waals surface area contributed by atoms with Crippen LogP contribution in [0, 0.1) is 23.7 Å². The number of hydrogen-bond acceptors (Lipinski definition) is 2. The van der Waals surface area contributed by atoms with E-state index >= 15 is 0 Å². The van der Waals surface area contributed by atoms with Crippen molar-refractivity contribution in [3.8, 4) is 0 Å². The maximum Gasteiger partial charge on any atom is 0.0726 e. The Bertz CT molecular complexity index is 200. The highest BCUT2D eigenvalue weighted by Gasteiger charge is 2.54. The first-order valence-corrected chi connectivity index (χ1v) is 5.86. The minimum absolute atomic E-state index is 0.133. The lowest BCUT2D eigenvalue weighted by Crippen LogP contribution is -2.54. The molecule has 82 valence electrons. The number of rotatable bonds is 0. The Balaban J connectivity index is 2.34. The van der Waals surface area contributed by atoms with Gasteiger partial charge in [0.15, 0.2) is 0 Å². The van der Waals surface area contributed by atoms with E-state index in [-0.39, 0.29) is 6.10 Å². The molecule has 2 rings (SSSR count). The van der Waals surface area contributed by atoms with Gasteiger partial charge in [-0.25, -0.2) is 0 Å². The molecule has 7 unspecified atom stereocenters. The fraction of sp³-hybridized carbons (Fsp3) is 1.00. The maximum absolute atomic E-state index is 10.3. The van der Waals surface area contributed by atoms with Crippen LogP contribution in [0.2, 0.25) is 0 Å². The molecule has 0 amide bonds. The molecular formula is C12H23NO. The molecule has 2 heterocycles. The third-order valence-electron chi connectivity index (χ3n) is 5.10. The summed E-state index contributed by atoms with van der Waals surface area (Å²) in [5.41, 5.74) is 0. The highest BCUT2D eigenvalue weighted by atomic mass is 16.3. The SMILES string of the molecule is CC1C(C)C2C(C)C(C)C(C1O)N2C. The minimum Gasteiger partial charge on any atom is -0.391 e. The van der Waals surface area contributed by atoms with Gasteiger partial charge < -0.3 is 5.11 Å². The standard InChI is InChI=1S/C12H23NO/c1-6-7(2)11-12(14)9(4)8(3)10(6)13(11)5/h6-12,14H,1-5H3. The van der Waals surface area contributed by atoms with Crippen molar-refractivity contribution in [1.82, 2.24) is 4.90 Å². The van der Waals surface area contributed by atoms with E-state index in [0.717, 1.165) is 5.92 Å². The summed E-state index contributed by atoms with van der Waals surface area (Å²) < 4.78 is 0. The van der Waals surface area contributed by atoms with Crippen molar-refractivity contribution in [2.24, 2.45) is 23.7 Å². The zero-order valence-electron chi connectivity index (χ0n) is 9.94. The average Bonchev–Trinajstić information content (AvgIpc) is 2.32. The first kappa shape index (κ1) is 10.4. The van der Waals surface area contributed by atoms with Crippen LogP contribution in [0.25, 0.3) is 0 Å². The summed E-state index contributed by atoms with van der Waals surface area (Å²) in [6, 6.07) is 1.06. The topological polar surface area (TPSA) is 23.5 Å². The fourth-order valence-electron chi connectivity index (χ4n) is 3.90. The summed E-state index contributed by atoms with van der Waals surface area (Å²) in [5, 5.41) is 10.3. The van der Waals surface area contributed by atoms with E-state index in [2.05, 4.69) is 39.6 Å². The molecule has 0 aromatic rings. The van der Waals surface area contributed by atoms with Gasteiger partial charge in [-0.15, -0.1) is 0 Å². The molecule has 0 radical (unpaired) electrons. The second-order valence-electron chi connectivity index (χ2n) is 5.57. The molecule has 1 N–H and O–H groups in total. The number of fused-ring (bicyclic) bond motifs is 2. The number of nitrogens with zero attached hydrogens (tertiary/aromatic N) is 1. The smallest absolute Gasteiger partial charge is 0.0726 e. The molecule has 0 spiro atoms. The van der Waals surface area contributed by atoms with Gasteiger partial charge in [0.05, 0.1) is 6.10 Å². The van der Waals surface area contributed by atoms with Crippen LogP contribution < -0.4 is 0 Å². The van der Waals surface area contributed by atoms with Crippen LogP contribution in [-0.2, 0) is 0 Å².